The summed E-state index contributed by atoms with van der Waals surface area (Å²) >= 11 is 0. The molecule has 0 saturated heterocycles. The van der Waals surface area contributed by atoms with Gasteiger partial charge in [-0.3, -0.25) is 4.79 Å². The van der Waals surface area contributed by atoms with Crippen LogP contribution < -0.4 is 5.32 Å². The first-order chi connectivity index (χ1) is 11.2. The molecule has 1 N–H and O–H groups in total. The molecule has 0 aliphatic carbocycles. The normalized spacial score (nSPS) is 11.8. The Labute approximate surface area is 132 Å². The molecule has 0 aromatic heterocycles. The Balaban J connectivity index is 2.13. The van der Waals surface area contributed by atoms with Crippen molar-refractivity contribution in [2.24, 2.45) is 0 Å². The van der Waals surface area contributed by atoms with Gasteiger partial charge in [-0.2, -0.15) is 13.2 Å². The maximum atomic E-state index is 13.4. The van der Waals surface area contributed by atoms with Crippen molar-refractivity contribution >= 4 is 17.7 Å². The summed E-state index contributed by atoms with van der Waals surface area (Å²) in [6, 6.07) is 5.64. The fraction of sp³-hybridized carbons (Fsp3) is 0.0625. The van der Waals surface area contributed by atoms with Crippen molar-refractivity contribution in [3.05, 3.63) is 71.1 Å². The summed E-state index contributed by atoms with van der Waals surface area (Å²) < 4.78 is 76.9. The Morgan fingerprint density at radius 3 is 2.38 bits per heavy atom. The van der Waals surface area contributed by atoms with Crippen LogP contribution in [0, 0.1) is 17.5 Å². The van der Waals surface area contributed by atoms with Gasteiger partial charge in [-0.1, -0.05) is 12.1 Å². The number of hydrogen-bond acceptors (Lipinski definition) is 1. The molecule has 0 bridgehead atoms. The van der Waals surface area contributed by atoms with Crippen LogP contribution in [0.5, 0.6) is 0 Å². The van der Waals surface area contributed by atoms with Gasteiger partial charge in [0.1, 0.15) is 0 Å². The van der Waals surface area contributed by atoms with E-state index >= 15 is 0 Å². The lowest BCUT2D eigenvalue weighted by molar-refractivity contribution is -0.137. The van der Waals surface area contributed by atoms with Crippen molar-refractivity contribution < 1.29 is 31.1 Å². The van der Waals surface area contributed by atoms with E-state index in [0.29, 0.717) is 6.07 Å². The Morgan fingerprint density at radius 1 is 1.00 bits per heavy atom. The topological polar surface area (TPSA) is 29.1 Å². The monoisotopic (exact) mass is 345 g/mol. The minimum Gasteiger partial charge on any atom is -0.320 e. The molecule has 0 atom stereocenters. The van der Waals surface area contributed by atoms with Gasteiger partial charge in [0.05, 0.1) is 11.3 Å². The summed E-state index contributed by atoms with van der Waals surface area (Å²) in [5.41, 5.74) is -1.39. The predicted octanol–water partition coefficient (Wildman–Crippen LogP) is 4.77. The van der Waals surface area contributed by atoms with Crippen LogP contribution >= 0.6 is 0 Å². The van der Waals surface area contributed by atoms with Gasteiger partial charge in [-0.15, -0.1) is 0 Å². The molecular formula is C16H9F6NO. The van der Waals surface area contributed by atoms with Gasteiger partial charge in [0.2, 0.25) is 5.91 Å². The van der Waals surface area contributed by atoms with E-state index < -0.39 is 40.8 Å². The number of anilines is 1. The molecule has 2 nitrogen and oxygen atoms in total. The van der Waals surface area contributed by atoms with Crippen molar-refractivity contribution in [3.8, 4) is 0 Å². The predicted molar refractivity (Wildman–Crippen MR) is 75.4 cm³/mol. The largest absolute Gasteiger partial charge is 0.416 e. The Hall–Kier alpha value is -2.77. The lowest BCUT2D eigenvalue weighted by Crippen LogP contribution is -2.10. The van der Waals surface area contributed by atoms with Crippen molar-refractivity contribution in [1.82, 2.24) is 0 Å². The van der Waals surface area contributed by atoms with E-state index in [2.05, 4.69) is 0 Å². The summed E-state index contributed by atoms with van der Waals surface area (Å²) in [5, 5.41) is 1.96. The van der Waals surface area contributed by atoms with Crippen molar-refractivity contribution in [3.63, 3.8) is 0 Å². The molecule has 2 aromatic carbocycles. The van der Waals surface area contributed by atoms with E-state index in [1.807, 2.05) is 5.32 Å². The van der Waals surface area contributed by atoms with Crippen LogP contribution in [-0.2, 0) is 11.0 Å². The second-order valence-corrected chi connectivity index (χ2v) is 4.67. The maximum Gasteiger partial charge on any atom is 0.416 e. The molecule has 2 rings (SSSR count). The number of nitrogens with one attached hydrogen (secondary N) is 1. The highest BCUT2D eigenvalue weighted by Gasteiger charge is 2.30. The van der Waals surface area contributed by atoms with E-state index in [1.165, 1.54) is 6.07 Å². The molecule has 2 aromatic rings. The molecule has 0 heterocycles. The highest BCUT2D eigenvalue weighted by atomic mass is 19.4. The molecule has 24 heavy (non-hydrogen) atoms. The summed E-state index contributed by atoms with van der Waals surface area (Å²) in [6.45, 7) is 0. The number of amides is 1. The van der Waals surface area contributed by atoms with Crippen LogP contribution in [0.15, 0.2) is 42.5 Å². The number of carbonyl (C=O) groups excluding carboxylic acids is 1. The highest BCUT2D eigenvalue weighted by molar-refractivity contribution is 6.02. The third-order valence-corrected chi connectivity index (χ3v) is 2.93. The maximum absolute atomic E-state index is 13.4. The Bertz CT molecular complexity index is 798. The number of rotatable bonds is 3. The van der Waals surface area contributed by atoms with E-state index in [0.717, 1.165) is 36.4 Å². The molecule has 126 valence electrons. The van der Waals surface area contributed by atoms with Gasteiger partial charge in [0, 0.05) is 6.08 Å². The lowest BCUT2D eigenvalue weighted by atomic mass is 10.1. The number of carbonyl (C=O) groups is 1. The van der Waals surface area contributed by atoms with Crippen LogP contribution in [-0.4, -0.2) is 5.91 Å². The van der Waals surface area contributed by atoms with Crippen LogP contribution in [0.4, 0.5) is 32.0 Å². The first-order valence-corrected chi connectivity index (χ1v) is 6.48. The molecule has 8 heteroatoms. The first-order valence-electron chi connectivity index (χ1n) is 6.48. The highest BCUT2D eigenvalue weighted by Crippen LogP contribution is 2.29. The Kier molecular flexibility index (Phi) is 4.96. The van der Waals surface area contributed by atoms with Crippen LogP contribution in [0.25, 0.3) is 6.08 Å². The third-order valence-electron chi connectivity index (χ3n) is 2.93. The average molecular weight is 345 g/mol. The fourth-order valence-corrected chi connectivity index (χ4v) is 1.79. The molecule has 0 radical (unpaired) electrons. The van der Waals surface area contributed by atoms with Gasteiger partial charge >= 0.3 is 6.18 Å². The van der Waals surface area contributed by atoms with Crippen molar-refractivity contribution in [2.45, 2.75) is 6.18 Å². The average Bonchev–Trinajstić information content (AvgIpc) is 2.53. The quantitative estimate of drug-likeness (QED) is 0.484. The minimum atomic E-state index is -4.53. The smallest absolute Gasteiger partial charge is 0.320 e. The third kappa shape index (κ3) is 4.15. The van der Waals surface area contributed by atoms with Gasteiger partial charge in [-0.25, -0.2) is 13.2 Å². The van der Waals surface area contributed by atoms with E-state index in [1.54, 1.807) is 0 Å². The summed E-state index contributed by atoms with van der Waals surface area (Å²) in [7, 11) is 0. The van der Waals surface area contributed by atoms with Crippen LogP contribution in [0.3, 0.4) is 0 Å². The molecule has 0 unspecified atom stereocenters. The van der Waals surface area contributed by atoms with Gasteiger partial charge < -0.3 is 5.32 Å². The first kappa shape index (κ1) is 17.6. The van der Waals surface area contributed by atoms with Gasteiger partial charge in [0.25, 0.3) is 0 Å². The van der Waals surface area contributed by atoms with Crippen molar-refractivity contribution in [2.75, 3.05) is 5.32 Å². The SMILES string of the molecule is O=C(C=Cc1cccc(C(F)(F)F)c1)Nc1ccc(F)c(F)c1F. The summed E-state index contributed by atoms with van der Waals surface area (Å²) in [6.07, 6.45) is -2.61. The standard InChI is InChI=1S/C16H9F6NO/c17-11-5-6-12(15(19)14(11)18)23-13(24)7-4-9-2-1-3-10(8-9)16(20,21)22/h1-8H,(H,23,24). The number of halogens is 6. The molecule has 0 aliphatic rings. The fourth-order valence-electron chi connectivity index (χ4n) is 1.79. The van der Waals surface area contributed by atoms with E-state index in [4.69, 9.17) is 0 Å². The molecule has 1 amide bonds. The number of alkyl halides is 3. The zero-order valence-electron chi connectivity index (χ0n) is 11.8. The summed E-state index contributed by atoms with van der Waals surface area (Å²) in [4.78, 5) is 11.6. The number of hydrogen-bond donors (Lipinski definition) is 1. The van der Waals surface area contributed by atoms with Crippen LogP contribution in [0.1, 0.15) is 11.1 Å². The second-order valence-electron chi connectivity index (χ2n) is 4.67. The zero-order chi connectivity index (χ0) is 17.9. The molecule has 0 aliphatic heterocycles. The van der Waals surface area contributed by atoms with Gasteiger partial charge in [-0.05, 0) is 35.9 Å². The molecule has 0 spiro atoms. The zero-order valence-corrected chi connectivity index (χ0v) is 11.8. The minimum absolute atomic E-state index is 0.0886. The molecular weight excluding hydrogens is 336 g/mol. The molecule has 0 saturated carbocycles. The molecule has 0 fully saturated rings. The Morgan fingerprint density at radius 2 is 1.71 bits per heavy atom. The van der Waals surface area contributed by atoms with E-state index in [9.17, 15) is 31.1 Å². The van der Waals surface area contributed by atoms with Gasteiger partial charge in [0.15, 0.2) is 17.5 Å². The lowest BCUT2D eigenvalue weighted by Gasteiger charge is -2.07. The number of benzene rings is 2. The summed E-state index contributed by atoms with van der Waals surface area (Å²) in [5.74, 6) is -5.65. The second kappa shape index (κ2) is 6.77. The van der Waals surface area contributed by atoms with Crippen molar-refractivity contribution in [1.29, 1.82) is 0 Å². The van der Waals surface area contributed by atoms with E-state index in [-0.39, 0.29) is 5.56 Å². The van der Waals surface area contributed by atoms with Crippen LogP contribution in [0.2, 0.25) is 0 Å².